The summed E-state index contributed by atoms with van der Waals surface area (Å²) < 4.78 is 0. The van der Waals surface area contributed by atoms with Crippen LogP contribution in [0, 0.1) is 0 Å². The molecule has 1 aromatic rings. The normalized spacial score (nSPS) is 18.6. The van der Waals surface area contributed by atoms with Crippen molar-refractivity contribution in [1.82, 2.24) is 4.90 Å². The van der Waals surface area contributed by atoms with Gasteiger partial charge in [0, 0.05) is 6.54 Å². The van der Waals surface area contributed by atoms with Gasteiger partial charge in [-0.25, -0.2) is 0 Å². The van der Waals surface area contributed by atoms with Crippen molar-refractivity contribution in [1.29, 1.82) is 0 Å². The Kier molecular flexibility index (Phi) is 6.18. The number of likely N-dealkylation sites (tertiary alicyclic amines) is 1. The predicted octanol–water partition coefficient (Wildman–Crippen LogP) is 3.13. The van der Waals surface area contributed by atoms with E-state index in [0.717, 1.165) is 25.2 Å². The molecule has 4 heteroatoms. The Morgan fingerprint density at radius 3 is 2.68 bits per heavy atom. The van der Waals surface area contributed by atoms with E-state index in [1.165, 1.54) is 19.3 Å². The number of oxime groups is 1. The number of piperidine rings is 1. The van der Waals surface area contributed by atoms with Crippen LogP contribution in [0.25, 0.3) is 0 Å². The molecule has 3 nitrogen and oxygen atoms in total. The third-order valence-electron chi connectivity index (χ3n) is 3.24. The first-order valence-corrected chi connectivity index (χ1v) is 7.35. The second-order valence-electron chi connectivity index (χ2n) is 4.90. The van der Waals surface area contributed by atoms with Crippen molar-refractivity contribution in [3.63, 3.8) is 0 Å². The molecule has 0 amide bonds. The second kappa shape index (κ2) is 8.18. The molecule has 0 spiro atoms. The fraction of sp³-hybridized carbons (Fsp3) is 0.533. The van der Waals surface area contributed by atoms with E-state index < -0.39 is 0 Å². The van der Waals surface area contributed by atoms with Gasteiger partial charge in [0.15, 0.2) is 0 Å². The van der Waals surface area contributed by atoms with Gasteiger partial charge in [0.1, 0.15) is 6.61 Å². The minimum absolute atomic E-state index is 0.00558. The maximum absolute atomic E-state index is 6.26. The molecule has 0 aliphatic carbocycles. The first-order valence-electron chi connectivity index (χ1n) is 6.91. The molecule has 1 aliphatic rings. The van der Waals surface area contributed by atoms with E-state index in [1.807, 2.05) is 30.3 Å². The molecule has 0 bridgehead atoms. The number of alkyl halides is 1. The number of hydrogen-bond acceptors (Lipinski definition) is 3. The molecule has 0 aromatic heterocycles. The number of hydrogen-bond donors (Lipinski definition) is 0. The summed E-state index contributed by atoms with van der Waals surface area (Å²) in [6, 6.07) is 9.90. The lowest BCUT2D eigenvalue weighted by atomic mass is 10.1. The summed E-state index contributed by atoms with van der Waals surface area (Å²) in [6.07, 6.45) is 5.64. The van der Waals surface area contributed by atoms with E-state index in [-0.39, 0.29) is 5.38 Å². The summed E-state index contributed by atoms with van der Waals surface area (Å²) >= 11 is 6.26. The summed E-state index contributed by atoms with van der Waals surface area (Å²) in [5.74, 6) is 0. The Morgan fingerprint density at radius 2 is 1.95 bits per heavy atom. The SMILES string of the molecule is ClC(CON=Cc1ccccc1)CN1CCCCC1. The third-order valence-corrected chi connectivity index (χ3v) is 3.50. The monoisotopic (exact) mass is 280 g/mol. The van der Waals surface area contributed by atoms with Gasteiger partial charge in [-0.15, -0.1) is 11.6 Å². The van der Waals surface area contributed by atoms with Gasteiger partial charge in [-0.3, -0.25) is 0 Å². The molecule has 1 atom stereocenters. The standard InChI is InChI=1S/C15H21ClN2O/c16-15(12-18-9-5-2-6-10-18)13-19-17-11-14-7-3-1-4-8-14/h1,3-4,7-8,11,15H,2,5-6,9-10,12-13H2. The van der Waals surface area contributed by atoms with Crippen molar-refractivity contribution in [2.45, 2.75) is 24.6 Å². The Morgan fingerprint density at radius 1 is 1.21 bits per heavy atom. The molecule has 104 valence electrons. The van der Waals surface area contributed by atoms with Crippen LogP contribution in [0.15, 0.2) is 35.5 Å². The Hall–Kier alpha value is -1.06. The molecule has 1 heterocycles. The van der Waals surface area contributed by atoms with Crippen LogP contribution in [-0.4, -0.2) is 42.7 Å². The minimum atomic E-state index is 0.00558. The van der Waals surface area contributed by atoms with E-state index in [2.05, 4.69) is 10.1 Å². The molecule has 0 N–H and O–H groups in total. The lowest BCUT2D eigenvalue weighted by Crippen LogP contribution is -2.35. The molecule has 19 heavy (non-hydrogen) atoms. The fourth-order valence-electron chi connectivity index (χ4n) is 2.24. The van der Waals surface area contributed by atoms with Crippen LogP contribution in [0.3, 0.4) is 0 Å². The van der Waals surface area contributed by atoms with Gasteiger partial charge >= 0.3 is 0 Å². The van der Waals surface area contributed by atoms with Crippen LogP contribution < -0.4 is 0 Å². The Labute approximate surface area is 120 Å². The molecule has 1 unspecified atom stereocenters. The Bertz CT molecular complexity index is 377. The first-order chi connectivity index (χ1) is 9.34. The lowest BCUT2D eigenvalue weighted by Gasteiger charge is -2.27. The highest BCUT2D eigenvalue weighted by Gasteiger charge is 2.14. The van der Waals surface area contributed by atoms with E-state index in [1.54, 1.807) is 6.21 Å². The van der Waals surface area contributed by atoms with Gasteiger partial charge in [0.2, 0.25) is 0 Å². The third kappa shape index (κ3) is 5.62. The van der Waals surface area contributed by atoms with E-state index >= 15 is 0 Å². The van der Waals surface area contributed by atoms with Crippen molar-refractivity contribution >= 4 is 17.8 Å². The van der Waals surface area contributed by atoms with Gasteiger partial charge in [-0.05, 0) is 31.5 Å². The summed E-state index contributed by atoms with van der Waals surface area (Å²) in [4.78, 5) is 7.66. The highest BCUT2D eigenvalue weighted by Crippen LogP contribution is 2.11. The number of halogens is 1. The summed E-state index contributed by atoms with van der Waals surface area (Å²) in [6.45, 7) is 3.68. The molecule has 1 saturated heterocycles. The average molecular weight is 281 g/mol. The van der Waals surface area contributed by atoms with Crippen molar-refractivity contribution in [2.75, 3.05) is 26.2 Å². The molecule has 2 rings (SSSR count). The fourth-order valence-corrected chi connectivity index (χ4v) is 2.49. The smallest absolute Gasteiger partial charge is 0.134 e. The molecule has 1 aromatic carbocycles. The van der Waals surface area contributed by atoms with Crippen molar-refractivity contribution in [3.8, 4) is 0 Å². The number of nitrogens with zero attached hydrogens (tertiary/aromatic N) is 2. The Balaban J connectivity index is 1.63. The average Bonchev–Trinajstić information content (AvgIpc) is 2.46. The number of benzene rings is 1. The molecule has 0 radical (unpaired) electrons. The second-order valence-corrected chi connectivity index (χ2v) is 5.52. The summed E-state index contributed by atoms with van der Waals surface area (Å²) in [7, 11) is 0. The van der Waals surface area contributed by atoms with Gasteiger partial charge in [0.05, 0.1) is 11.6 Å². The highest BCUT2D eigenvalue weighted by molar-refractivity contribution is 6.20. The zero-order chi connectivity index (χ0) is 13.3. The quantitative estimate of drug-likeness (QED) is 0.454. The largest absolute Gasteiger partial charge is 0.394 e. The van der Waals surface area contributed by atoms with Crippen LogP contribution in [0.1, 0.15) is 24.8 Å². The van der Waals surface area contributed by atoms with Crippen molar-refractivity contribution in [3.05, 3.63) is 35.9 Å². The molecule has 1 aliphatic heterocycles. The summed E-state index contributed by atoms with van der Waals surface area (Å²) in [5, 5.41) is 3.95. The zero-order valence-corrected chi connectivity index (χ0v) is 11.9. The van der Waals surface area contributed by atoms with E-state index in [0.29, 0.717) is 6.61 Å². The lowest BCUT2D eigenvalue weighted by molar-refractivity contribution is 0.128. The van der Waals surface area contributed by atoms with Gasteiger partial charge in [0.25, 0.3) is 0 Å². The first kappa shape index (κ1) is 14.4. The topological polar surface area (TPSA) is 24.8 Å². The van der Waals surface area contributed by atoms with Crippen LogP contribution >= 0.6 is 11.6 Å². The highest BCUT2D eigenvalue weighted by atomic mass is 35.5. The van der Waals surface area contributed by atoms with Gasteiger partial charge in [-0.2, -0.15) is 0 Å². The molecular formula is C15H21ClN2O. The predicted molar refractivity (Wildman–Crippen MR) is 79.9 cm³/mol. The van der Waals surface area contributed by atoms with Gasteiger partial charge in [-0.1, -0.05) is 41.9 Å². The van der Waals surface area contributed by atoms with Gasteiger partial charge < -0.3 is 9.74 Å². The van der Waals surface area contributed by atoms with E-state index in [9.17, 15) is 0 Å². The molecular weight excluding hydrogens is 260 g/mol. The maximum Gasteiger partial charge on any atom is 0.134 e. The van der Waals surface area contributed by atoms with Crippen LogP contribution in [0.4, 0.5) is 0 Å². The number of rotatable bonds is 6. The zero-order valence-electron chi connectivity index (χ0n) is 11.2. The summed E-state index contributed by atoms with van der Waals surface area (Å²) in [5.41, 5.74) is 1.03. The molecule has 0 saturated carbocycles. The maximum atomic E-state index is 6.26. The van der Waals surface area contributed by atoms with Crippen LogP contribution in [0.5, 0.6) is 0 Å². The van der Waals surface area contributed by atoms with Crippen LogP contribution in [-0.2, 0) is 4.84 Å². The van der Waals surface area contributed by atoms with Crippen molar-refractivity contribution < 1.29 is 4.84 Å². The minimum Gasteiger partial charge on any atom is -0.394 e. The van der Waals surface area contributed by atoms with E-state index in [4.69, 9.17) is 16.4 Å². The molecule has 1 fully saturated rings. The van der Waals surface area contributed by atoms with Crippen LogP contribution in [0.2, 0.25) is 0 Å². The van der Waals surface area contributed by atoms with Crippen molar-refractivity contribution in [2.24, 2.45) is 5.16 Å².